The molecule has 1 unspecified atom stereocenters. The average Bonchev–Trinajstić information content (AvgIpc) is 2.64. The van der Waals surface area contributed by atoms with Crippen LogP contribution < -0.4 is 5.73 Å². The molecule has 1 aromatic rings. The quantitative estimate of drug-likeness (QED) is 0.833. The van der Waals surface area contributed by atoms with Crippen LogP contribution >= 0.6 is 0 Å². The van der Waals surface area contributed by atoms with Crippen LogP contribution in [0.2, 0.25) is 0 Å². The molecule has 0 spiro atoms. The second-order valence-corrected chi connectivity index (χ2v) is 4.68. The van der Waals surface area contributed by atoms with Gasteiger partial charge in [0.25, 0.3) is 5.91 Å². The molecule has 6 nitrogen and oxygen atoms in total. The summed E-state index contributed by atoms with van der Waals surface area (Å²) in [5.74, 6) is -1.29. The number of rotatable bonds is 2. The number of aliphatic carboxylic acids is 1. The first-order valence-electron chi connectivity index (χ1n) is 6.35. The van der Waals surface area contributed by atoms with Crippen molar-refractivity contribution in [3.05, 3.63) is 24.0 Å². The Morgan fingerprint density at radius 1 is 1.32 bits per heavy atom. The van der Waals surface area contributed by atoms with Crippen molar-refractivity contribution < 1.29 is 14.7 Å². The first kappa shape index (κ1) is 13.3. The van der Waals surface area contributed by atoms with Crippen molar-refractivity contribution in [2.75, 3.05) is 12.3 Å². The molecule has 1 fully saturated rings. The van der Waals surface area contributed by atoms with Crippen molar-refractivity contribution in [2.24, 2.45) is 0 Å². The molecule has 6 heteroatoms. The normalized spacial score (nSPS) is 19.8. The number of hydrogen-bond acceptors (Lipinski definition) is 4. The summed E-state index contributed by atoms with van der Waals surface area (Å²) < 4.78 is 0. The van der Waals surface area contributed by atoms with Crippen molar-refractivity contribution in [1.29, 1.82) is 0 Å². The molecule has 2 heterocycles. The number of likely N-dealkylation sites (tertiary alicyclic amines) is 1. The molecule has 0 saturated carbocycles. The number of carbonyl (C=O) groups excluding carboxylic acids is 1. The molecule has 1 aliphatic rings. The largest absolute Gasteiger partial charge is 0.480 e. The zero-order chi connectivity index (χ0) is 13.8. The van der Waals surface area contributed by atoms with Crippen LogP contribution in [0.4, 0.5) is 5.69 Å². The topological polar surface area (TPSA) is 96.5 Å². The Hall–Kier alpha value is -2.11. The van der Waals surface area contributed by atoms with Crippen molar-refractivity contribution in [1.82, 2.24) is 9.88 Å². The van der Waals surface area contributed by atoms with Crippen LogP contribution in [0.25, 0.3) is 0 Å². The summed E-state index contributed by atoms with van der Waals surface area (Å²) in [6.45, 7) is 0.460. The van der Waals surface area contributed by atoms with Gasteiger partial charge < -0.3 is 15.7 Å². The Kier molecular flexibility index (Phi) is 3.99. The molecule has 1 amide bonds. The maximum Gasteiger partial charge on any atom is 0.326 e. The minimum Gasteiger partial charge on any atom is -0.480 e. The van der Waals surface area contributed by atoms with Gasteiger partial charge in [-0.15, -0.1) is 0 Å². The summed E-state index contributed by atoms with van der Waals surface area (Å²) in [6.07, 6.45) is 4.50. The molecule has 1 saturated heterocycles. The van der Waals surface area contributed by atoms with Crippen molar-refractivity contribution in [3.8, 4) is 0 Å². The van der Waals surface area contributed by atoms with E-state index in [-0.39, 0.29) is 11.6 Å². The molecule has 0 radical (unpaired) electrons. The SMILES string of the molecule is Nc1ccc(C(=O)N2CCCCCC2C(=O)O)nc1. The average molecular weight is 263 g/mol. The second kappa shape index (κ2) is 5.69. The summed E-state index contributed by atoms with van der Waals surface area (Å²) in [6, 6.07) is 2.37. The Bertz CT molecular complexity index is 473. The van der Waals surface area contributed by atoms with E-state index in [1.165, 1.54) is 17.2 Å². The highest BCUT2D eigenvalue weighted by molar-refractivity contribution is 5.95. The van der Waals surface area contributed by atoms with Gasteiger partial charge in [-0.25, -0.2) is 9.78 Å². The van der Waals surface area contributed by atoms with Gasteiger partial charge in [0.05, 0.1) is 11.9 Å². The third kappa shape index (κ3) is 3.01. The summed E-state index contributed by atoms with van der Waals surface area (Å²) in [5, 5.41) is 9.24. The van der Waals surface area contributed by atoms with Crippen LogP contribution in [0.3, 0.4) is 0 Å². The Morgan fingerprint density at radius 3 is 2.74 bits per heavy atom. The zero-order valence-corrected chi connectivity index (χ0v) is 10.6. The third-order valence-electron chi connectivity index (χ3n) is 3.30. The molecule has 0 aromatic carbocycles. The standard InChI is InChI=1S/C13H17N3O3/c14-9-5-6-10(15-8-9)12(17)16-7-3-1-2-4-11(16)13(18)19/h5-6,8,11H,1-4,7,14H2,(H,18,19). The zero-order valence-electron chi connectivity index (χ0n) is 10.6. The van der Waals surface area contributed by atoms with Crippen molar-refractivity contribution in [2.45, 2.75) is 31.7 Å². The summed E-state index contributed by atoms with van der Waals surface area (Å²) >= 11 is 0. The van der Waals surface area contributed by atoms with E-state index in [1.807, 2.05) is 0 Å². The Labute approximate surface area is 111 Å². The van der Waals surface area contributed by atoms with Gasteiger partial charge in [-0.3, -0.25) is 4.79 Å². The van der Waals surface area contributed by atoms with E-state index in [1.54, 1.807) is 6.07 Å². The highest BCUT2D eigenvalue weighted by atomic mass is 16.4. The number of aromatic nitrogens is 1. The third-order valence-corrected chi connectivity index (χ3v) is 3.30. The number of pyridine rings is 1. The molecule has 1 atom stereocenters. The molecule has 19 heavy (non-hydrogen) atoms. The summed E-state index contributed by atoms with van der Waals surface area (Å²) in [5.41, 5.74) is 6.24. The molecule has 0 aliphatic carbocycles. The van der Waals surface area contributed by atoms with E-state index in [9.17, 15) is 14.7 Å². The first-order valence-corrected chi connectivity index (χ1v) is 6.35. The summed E-state index contributed by atoms with van der Waals surface area (Å²) in [7, 11) is 0. The van der Waals surface area contributed by atoms with Gasteiger partial charge in [-0.2, -0.15) is 0 Å². The minimum atomic E-state index is -0.953. The van der Waals surface area contributed by atoms with Gasteiger partial charge in [-0.05, 0) is 25.0 Å². The van der Waals surface area contributed by atoms with Gasteiger partial charge in [0.2, 0.25) is 0 Å². The highest BCUT2D eigenvalue weighted by Crippen LogP contribution is 2.19. The molecular formula is C13H17N3O3. The van der Waals surface area contributed by atoms with Gasteiger partial charge in [0, 0.05) is 6.54 Å². The Morgan fingerprint density at radius 2 is 2.11 bits per heavy atom. The predicted molar refractivity (Wildman–Crippen MR) is 69.6 cm³/mol. The van der Waals surface area contributed by atoms with E-state index >= 15 is 0 Å². The molecule has 0 bridgehead atoms. The van der Waals surface area contributed by atoms with E-state index < -0.39 is 12.0 Å². The number of amides is 1. The molecule has 102 valence electrons. The number of carbonyl (C=O) groups is 2. The van der Waals surface area contributed by atoms with E-state index in [0.29, 0.717) is 18.7 Å². The number of hydrogen-bond donors (Lipinski definition) is 2. The highest BCUT2D eigenvalue weighted by Gasteiger charge is 2.31. The fourth-order valence-electron chi connectivity index (χ4n) is 2.29. The lowest BCUT2D eigenvalue weighted by Crippen LogP contribution is -2.44. The maximum atomic E-state index is 12.3. The van der Waals surface area contributed by atoms with Crippen molar-refractivity contribution in [3.63, 3.8) is 0 Å². The molecular weight excluding hydrogens is 246 g/mol. The molecule has 1 aromatic heterocycles. The lowest BCUT2D eigenvalue weighted by atomic mass is 10.1. The Balaban J connectivity index is 2.23. The van der Waals surface area contributed by atoms with Gasteiger partial charge in [-0.1, -0.05) is 12.8 Å². The van der Waals surface area contributed by atoms with Crippen LogP contribution in [0.5, 0.6) is 0 Å². The first-order chi connectivity index (χ1) is 9.09. The fraction of sp³-hybridized carbons (Fsp3) is 0.462. The van der Waals surface area contributed by atoms with Crippen LogP contribution in [0, 0.1) is 0 Å². The molecule has 1 aliphatic heterocycles. The lowest BCUT2D eigenvalue weighted by Gasteiger charge is -2.26. The van der Waals surface area contributed by atoms with E-state index in [0.717, 1.165) is 19.3 Å². The van der Waals surface area contributed by atoms with Crippen molar-refractivity contribution >= 4 is 17.6 Å². The number of nitrogens with zero attached hydrogens (tertiary/aromatic N) is 2. The monoisotopic (exact) mass is 263 g/mol. The number of carboxylic acid groups (broad SMARTS) is 1. The summed E-state index contributed by atoms with van der Waals surface area (Å²) in [4.78, 5) is 29.0. The smallest absolute Gasteiger partial charge is 0.326 e. The van der Waals surface area contributed by atoms with E-state index in [4.69, 9.17) is 5.73 Å². The van der Waals surface area contributed by atoms with Crippen LogP contribution in [-0.2, 0) is 4.79 Å². The number of anilines is 1. The number of nitrogens with two attached hydrogens (primary N) is 1. The lowest BCUT2D eigenvalue weighted by molar-refractivity contribution is -0.142. The van der Waals surface area contributed by atoms with Gasteiger partial charge in [0.1, 0.15) is 11.7 Å². The van der Waals surface area contributed by atoms with Crippen LogP contribution in [-0.4, -0.2) is 39.5 Å². The predicted octanol–water partition coefficient (Wildman–Crippen LogP) is 1.13. The van der Waals surface area contributed by atoms with E-state index in [2.05, 4.69) is 4.98 Å². The second-order valence-electron chi connectivity index (χ2n) is 4.68. The van der Waals surface area contributed by atoms with Gasteiger partial charge in [0.15, 0.2) is 0 Å². The maximum absolute atomic E-state index is 12.3. The number of nitrogen functional groups attached to an aromatic ring is 1. The molecule has 2 rings (SSSR count). The molecule has 3 N–H and O–H groups in total. The minimum absolute atomic E-state index is 0.238. The fourth-order valence-corrected chi connectivity index (χ4v) is 2.29. The van der Waals surface area contributed by atoms with Crippen LogP contribution in [0.1, 0.15) is 36.2 Å². The van der Waals surface area contributed by atoms with Gasteiger partial charge >= 0.3 is 5.97 Å². The van der Waals surface area contributed by atoms with Crippen LogP contribution in [0.15, 0.2) is 18.3 Å². The number of carboxylic acids is 1.